The first kappa shape index (κ1) is 29.0. The summed E-state index contributed by atoms with van der Waals surface area (Å²) in [4.78, 5) is 10.4. The number of ether oxygens (including phenoxy) is 1. The second-order valence-electron chi connectivity index (χ2n) is 11.4. The maximum absolute atomic E-state index is 5.57. The van der Waals surface area contributed by atoms with Crippen molar-refractivity contribution < 1.29 is 25.8 Å². The molecule has 0 radical (unpaired) electrons. The molecule has 0 saturated heterocycles. The first-order valence-electron chi connectivity index (χ1n) is 15.2. The number of methoxy groups -OCH3 is 1. The van der Waals surface area contributed by atoms with Crippen LogP contribution >= 0.6 is 0 Å². The van der Waals surface area contributed by atoms with Crippen LogP contribution < -0.4 is 4.74 Å². The topological polar surface area (TPSA) is 49.8 Å². The molecule has 47 heavy (non-hydrogen) atoms. The van der Waals surface area contributed by atoms with Crippen molar-refractivity contribution in [2.45, 2.75) is 0 Å². The van der Waals surface area contributed by atoms with E-state index in [1.807, 2.05) is 54.3 Å². The van der Waals surface area contributed by atoms with E-state index in [0.29, 0.717) is 0 Å². The maximum atomic E-state index is 5.57. The van der Waals surface area contributed by atoms with Gasteiger partial charge in [0.25, 0.3) is 0 Å². The van der Waals surface area contributed by atoms with E-state index >= 15 is 0 Å². The van der Waals surface area contributed by atoms with Gasteiger partial charge in [0.15, 0.2) is 5.65 Å². The van der Waals surface area contributed by atoms with Crippen LogP contribution in [0, 0.1) is 12.1 Å². The minimum absolute atomic E-state index is 0. The SMILES string of the molecule is COc1ccc(-c2c3c4ccccc4n(-c4[c-]c(-c5[c-]cccc5)ccc4)c3nc3c2c2ccccc2n3-c2nccn2C)cc1.[Pt+2]. The Morgan fingerprint density at radius 1 is 0.681 bits per heavy atom. The molecule has 0 amide bonds. The fourth-order valence-corrected chi connectivity index (χ4v) is 6.75. The summed E-state index contributed by atoms with van der Waals surface area (Å²) in [6.07, 6.45) is 3.80. The van der Waals surface area contributed by atoms with E-state index in [9.17, 15) is 0 Å². The molecule has 0 aliphatic rings. The first-order chi connectivity index (χ1) is 22.7. The summed E-state index contributed by atoms with van der Waals surface area (Å²) in [7, 11) is 3.72. The summed E-state index contributed by atoms with van der Waals surface area (Å²) < 4.78 is 12.0. The number of aromatic nitrogens is 5. The summed E-state index contributed by atoms with van der Waals surface area (Å²) >= 11 is 0. The van der Waals surface area contributed by atoms with Crippen LogP contribution in [0.4, 0.5) is 0 Å². The van der Waals surface area contributed by atoms with Crippen LogP contribution in [0.5, 0.6) is 5.75 Å². The summed E-state index contributed by atoms with van der Waals surface area (Å²) in [5.41, 5.74) is 8.88. The number of rotatable bonds is 5. The molecule has 0 atom stereocenters. The van der Waals surface area contributed by atoms with Crippen molar-refractivity contribution in [2.24, 2.45) is 7.05 Å². The van der Waals surface area contributed by atoms with Crippen LogP contribution in [0.2, 0.25) is 0 Å². The van der Waals surface area contributed by atoms with Gasteiger partial charge in [-0.25, -0.2) is 21.1 Å². The van der Waals surface area contributed by atoms with Gasteiger partial charge in [0.1, 0.15) is 11.4 Å². The Balaban J connectivity index is 0.00000324. The summed E-state index contributed by atoms with van der Waals surface area (Å²) in [5.74, 6) is 1.61. The summed E-state index contributed by atoms with van der Waals surface area (Å²) in [6.45, 7) is 0. The van der Waals surface area contributed by atoms with Crippen molar-refractivity contribution in [1.82, 2.24) is 23.7 Å². The van der Waals surface area contributed by atoms with Gasteiger partial charge < -0.3 is 13.9 Å². The Labute approximate surface area is 285 Å². The maximum Gasteiger partial charge on any atom is 2.00 e. The molecular formula is C40H27N5OPt. The van der Waals surface area contributed by atoms with E-state index in [1.165, 1.54) is 0 Å². The molecule has 0 fully saturated rings. The molecule has 0 bridgehead atoms. The van der Waals surface area contributed by atoms with Gasteiger partial charge in [-0.3, -0.25) is 4.57 Å². The normalized spacial score (nSPS) is 11.4. The minimum atomic E-state index is 0. The van der Waals surface area contributed by atoms with Gasteiger partial charge in [-0.15, -0.1) is 12.1 Å². The number of hydrogen-bond donors (Lipinski definition) is 0. The van der Waals surface area contributed by atoms with E-state index in [1.54, 1.807) is 7.11 Å². The van der Waals surface area contributed by atoms with E-state index in [4.69, 9.17) is 14.7 Å². The number of para-hydroxylation sites is 2. The van der Waals surface area contributed by atoms with E-state index in [2.05, 4.69) is 106 Å². The van der Waals surface area contributed by atoms with Crippen LogP contribution in [-0.4, -0.2) is 30.8 Å². The minimum Gasteiger partial charge on any atom is -0.497 e. The molecule has 9 rings (SSSR count). The van der Waals surface area contributed by atoms with Gasteiger partial charge in [0.05, 0.1) is 18.1 Å². The monoisotopic (exact) mass is 788 g/mol. The van der Waals surface area contributed by atoms with Crippen LogP contribution in [0.1, 0.15) is 0 Å². The Kier molecular flexibility index (Phi) is 7.04. The molecule has 228 valence electrons. The van der Waals surface area contributed by atoms with Gasteiger partial charge >= 0.3 is 21.1 Å². The molecule has 6 nitrogen and oxygen atoms in total. The largest absolute Gasteiger partial charge is 2.00 e. The predicted octanol–water partition coefficient (Wildman–Crippen LogP) is 8.95. The second-order valence-corrected chi connectivity index (χ2v) is 11.4. The van der Waals surface area contributed by atoms with Gasteiger partial charge in [-0.2, -0.15) is 42.5 Å². The molecule has 9 aromatic rings. The molecule has 0 aliphatic carbocycles. The van der Waals surface area contributed by atoms with Gasteiger partial charge in [0, 0.05) is 46.5 Å². The van der Waals surface area contributed by atoms with E-state index in [0.717, 1.165) is 83.5 Å². The standard InChI is InChI=1S/C40H27N5O.Pt/c1-43-24-23-41-40(43)45-34-18-9-7-16-32(34)37-35(27-19-21-30(46-2)22-20-27)36-31-15-6-8-17-33(31)44(38(36)42-39(37)45)29-14-10-13-28(25-29)26-11-4-3-5-12-26;/h3-11,13-24H,1-2H3;/q-2;+2. The average molecular weight is 789 g/mol. The summed E-state index contributed by atoms with van der Waals surface area (Å²) in [5, 5.41) is 4.40. The smallest absolute Gasteiger partial charge is 0.497 e. The fourth-order valence-electron chi connectivity index (χ4n) is 6.75. The van der Waals surface area contributed by atoms with Crippen molar-refractivity contribution in [3.63, 3.8) is 0 Å². The molecular weight excluding hydrogens is 762 g/mol. The number of hydrogen-bond acceptors (Lipinski definition) is 3. The molecule has 0 aliphatic heterocycles. The number of benzene rings is 5. The zero-order chi connectivity index (χ0) is 30.8. The van der Waals surface area contributed by atoms with Crippen molar-refractivity contribution in [3.8, 4) is 39.6 Å². The van der Waals surface area contributed by atoms with Crippen LogP contribution in [0.3, 0.4) is 0 Å². The zero-order valence-electron chi connectivity index (χ0n) is 25.6. The predicted molar refractivity (Wildman–Crippen MR) is 185 cm³/mol. The third-order valence-corrected chi connectivity index (χ3v) is 8.81. The Bertz CT molecular complexity index is 2580. The molecule has 0 unspecified atom stereocenters. The van der Waals surface area contributed by atoms with E-state index in [-0.39, 0.29) is 21.1 Å². The summed E-state index contributed by atoms with van der Waals surface area (Å²) in [6, 6.07) is 46.7. The van der Waals surface area contributed by atoms with E-state index < -0.39 is 0 Å². The van der Waals surface area contributed by atoms with Crippen molar-refractivity contribution >= 4 is 43.9 Å². The second kappa shape index (κ2) is 11.4. The third-order valence-electron chi connectivity index (χ3n) is 8.81. The molecule has 0 saturated carbocycles. The average Bonchev–Trinajstić information content (AvgIpc) is 3.79. The number of nitrogens with zero attached hydrogens (tertiary/aromatic N) is 5. The Morgan fingerprint density at radius 3 is 2.00 bits per heavy atom. The van der Waals surface area contributed by atoms with Crippen LogP contribution in [-0.2, 0) is 28.1 Å². The Hall–Kier alpha value is -5.45. The van der Waals surface area contributed by atoms with Gasteiger partial charge in [-0.1, -0.05) is 48.5 Å². The number of pyridine rings is 1. The Morgan fingerprint density at radius 2 is 1.34 bits per heavy atom. The number of aryl methyl sites for hydroxylation is 1. The molecule has 4 heterocycles. The first-order valence-corrected chi connectivity index (χ1v) is 15.2. The molecule has 0 N–H and O–H groups in total. The molecule has 7 heteroatoms. The van der Waals surface area contributed by atoms with Crippen molar-refractivity contribution in [1.29, 1.82) is 0 Å². The third kappa shape index (κ3) is 4.44. The molecule has 0 spiro atoms. The quantitative estimate of drug-likeness (QED) is 0.164. The van der Waals surface area contributed by atoms with Gasteiger partial charge in [-0.05, 0) is 35.5 Å². The zero-order valence-corrected chi connectivity index (χ0v) is 27.9. The van der Waals surface area contributed by atoms with Crippen LogP contribution in [0.25, 0.3) is 77.8 Å². The number of imidazole rings is 1. The number of fused-ring (bicyclic) bond motifs is 6. The van der Waals surface area contributed by atoms with Crippen molar-refractivity contribution in [3.05, 3.63) is 140 Å². The molecule has 5 aromatic carbocycles. The van der Waals surface area contributed by atoms with Gasteiger partial charge in [0.2, 0.25) is 5.95 Å². The molecule has 4 aromatic heterocycles. The van der Waals surface area contributed by atoms with Crippen LogP contribution in [0.15, 0.2) is 128 Å². The fraction of sp³-hybridized carbons (Fsp3) is 0.0500. The van der Waals surface area contributed by atoms with Crippen molar-refractivity contribution in [2.75, 3.05) is 7.11 Å².